The number of rotatable bonds is 9. The van der Waals surface area contributed by atoms with Crippen molar-refractivity contribution in [3.8, 4) is 0 Å². The van der Waals surface area contributed by atoms with Gasteiger partial charge in [0.2, 0.25) is 0 Å². The molecule has 0 aliphatic carbocycles. The van der Waals surface area contributed by atoms with Gasteiger partial charge in [-0.25, -0.2) is 0 Å². The summed E-state index contributed by atoms with van der Waals surface area (Å²) in [6.45, 7) is 5.67. The topological polar surface area (TPSA) is 68.2 Å². The lowest BCUT2D eigenvalue weighted by atomic mass is 9.87. The molecule has 0 radical (unpaired) electrons. The van der Waals surface area contributed by atoms with Gasteiger partial charge in [0.05, 0.1) is 37.0 Å². The summed E-state index contributed by atoms with van der Waals surface area (Å²) in [7, 11) is -3.37. The van der Waals surface area contributed by atoms with E-state index in [1.807, 2.05) is 60.7 Å². The zero-order valence-corrected chi connectivity index (χ0v) is 17.9. The van der Waals surface area contributed by atoms with Crippen LogP contribution in [0.4, 0.5) is 5.69 Å². The normalized spacial score (nSPS) is 19.3. The summed E-state index contributed by atoms with van der Waals surface area (Å²) < 4.78 is 24.5. The largest absolute Gasteiger partial charge is 0.332 e. The Morgan fingerprint density at radius 1 is 1.00 bits per heavy atom. The first-order chi connectivity index (χ1) is 14.0. The number of carbonyl (C=O) groups excluding carboxylic acids is 1. The second kappa shape index (κ2) is 9.49. The van der Waals surface area contributed by atoms with Crippen molar-refractivity contribution in [2.45, 2.75) is 32.7 Å². The first kappa shape index (κ1) is 21.4. The summed E-state index contributed by atoms with van der Waals surface area (Å²) in [5.41, 5.74) is 2.23. The highest BCUT2D eigenvalue weighted by atomic mass is 31.2. The lowest BCUT2D eigenvalue weighted by molar-refractivity contribution is -0.111. The van der Waals surface area contributed by atoms with E-state index in [9.17, 15) is 9.36 Å². The number of benzene rings is 2. The first-order valence-electron chi connectivity index (χ1n) is 9.86. The molecule has 154 valence electrons. The van der Waals surface area contributed by atoms with Crippen LogP contribution >= 0.6 is 7.60 Å². The van der Waals surface area contributed by atoms with E-state index in [2.05, 4.69) is 5.10 Å². The monoisotopic (exact) mass is 414 g/mol. The standard InChI is InChI=1S/C22H27N2O4P/c1-4-27-29(26,28-5-2)16-20-21(18-12-8-6-9-13-18)22(17(3)25)23-24(20)19-14-10-7-11-15-19/h6-15,20-21H,4-5,16H2,1-3H3/t20-,21-/m1/s1. The summed E-state index contributed by atoms with van der Waals surface area (Å²) in [6.07, 6.45) is 0.128. The minimum Gasteiger partial charge on any atom is -0.309 e. The third kappa shape index (κ3) is 4.84. The van der Waals surface area contributed by atoms with E-state index in [0.717, 1.165) is 11.3 Å². The molecule has 1 heterocycles. The minimum absolute atomic E-state index is 0.107. The summed E-state index contributed by atoms with van der Waals surface area (Å²) in [5, 5.41) is 6.46. The van der Waals surface area contributed by atoms with Crippen molar-refractivity contribution in [3.63, 3.8) is 0 Å². The number of hydrogen-bond acceptors (Lipinski definition) is 6. The molecular weight excluding hydrogens is 387 g/mol. The Hall–Kier alpha value is -2.27. The van der Waals surface area contributed by atoms with Crippen LogP contribution in [-0.2, 0) is 18.4 Å². The van der Waals surface area contributed by atoms with Crippen LogP contribution in [0.25, 0.3) is 0 Å². The predicted octanol–water partition coefficient (Wildman–Crippen LogP) is 4.87. The second-order valence-electron chi connectivity index (χ2n) is 6.81. The number of anilines is 1. The molecule has 0 saturated carbocycles. The number of ketones is 1. The molecular formula is C22H27N2O4P. The van der Waals surface area contributed by atoms with E-state index in [-0.39, 0.29) is 37.1 Å². The fourth-order valence-electron chi connectivity index (χ4n) is 3.68. The van der Waals surface area contributed by atoms with Gasteiger partial charge in [0.25, 0.3) is 0 Å². The molecule has 2 aromatic rings. The van der Waals surface area contributed by atoms with Crippen molar-refractivity contribution in [1.29, 1.82) is 0 Å². The Bertz CT molecular complexity index is 892. The average molecular weight is 414 g/mol. The molecule has 0 aromatic heterocycles. The van der Waals surface area contributed by atoms with Gasteiger partial charge in [-0.3, -0.25) is 14.4 Å². The number of carbonyl (C=O) groups is 1. The van der Waals surface area contributed by atoms with Crippen molar-refractivity contribution in [3.05, 3.63) is 66.2 Å². The van der Waals surface area contributed by atoms with E-state index in [0.29, 0.717) is 5.71 Å². The summed E-state index contributed by atoms with van der Waals surface area (Å²) in [6, 6.07) is 19.0. The smallest absolute Gasteiger partial charge is 0.309 e. The zero-order valence-electron chi connectivity index (χ0n) is 17.0. The predicted molar refractivity (Wildman–Crippen MR) is 116 cm³/mol. The third-order valence-electron chi connectivity index (χ3n) is 4.81. The Morgan fingerprint density at radius 3 is 2.07 bits per heavy atom. The first-order valence-corrected chi connectivity index (χ1v) is 11.6. The van der Waals surface area contributed by atoms with Gasteiger partial charge in [-0.1, -0.05) is 48.5 Å². The summed E-state index contributed by atoms with van der Waals surface area (Å²) in [5.74, 6) is -0.437. The Labute approximate surface area is 172 Å². The Kier molecular flexibility index (Phi) is 7.01. The van der Waals surface area contributed by atoms with Crippen LogP contribution in [0.1, 0.15) is 32.3 Å². The van der Waals surface area contributed by atoms with Crippen LogP contribution in [0.2, 0.25) is 0 Å². The summed E-state index contributed by atoms with van der Waals surface area (Å²) in [4.78, 5) is 12.5. The molecule has 0 fully saturated rings. The lowest BCUT2D eigenvalue weighted by Gasteiger charge is -2.30. The molecule has 0 amide bonds. The Balaban J connectivity index is 2.09. The maximum absolute atomic E-state index is 13.4. The molecule has 2 atom stereocenters. The van der Waals surface area contributed by atoms with Crippen LogP contribution in [0, 0.1) is 0 Å². The molecule has 3 rings (SSSR count). The number of hydrogen-bond donors (Lipinski definition) is 0. The lowest BCUT2D eigenvalue weighted by Crippen LogP contribution is -2.36. The highest BCUT2D eigenvalue weighted by molar-refractivity contribution is 7.53. The maximum atomic E-state index is 13.4. The molecule has 0 bridgehead atoms. The van der Waals surface area contributed by atoms with Crippen LogP contribution in [0.15, 0.2) is 65.8 Å². The van der Waals surface area contributed by atoms with E-state index < -0.39 is 7.60 Å². The van der Waals surface area contributed by atoms with E-state index in [1.54, 1.807) is 18.9 Å². The quantitative estimate of drug-likeness (QED) is 0.548. The van der Waals surface area contributed by atoms with E-state index in [4.69, 9.17) is 9.05 Å². The van der Waals surface area contributed by atoms with E-state index in [1.165, 1.54) is 6.92 Å². The molecule has 0 spiro atoms. The molecule has 1 aliphatic heterocycles. The van der Waals surface area contributed by atoms with Gasteiger partial charge in [0.1, 0.15) is 5.71 Å². The molecule has 0 N–H and O–H groups in total. The van der Waals surface area contributed by atoms with Crippen molar-refractivity contribution >= 4 is 24.8 Å². The van der Waals surface area contributed by atoms with Crippen LogP contribution in [-0.4, -0.2) is 36.9 Å². The van der Waals surface area contributed by atoms with Gasteiger partial charge in [0, 0.05) is 6.92 Å². The van der Waals surface area contributed by atoms with Crippen LogP contribution in [0.5, 0.6) is 0 Å². The zero-order chi connectivity index (χ0) is 20.9. The maximum Gasteiger partial charge on any atom is 0.332 e. The SMILES string of the molecule is CCOP(=O)(C[C@@H]1[C@@H](c2ccccc2)C(C(C)=O)=NN1c1ccccc1)OCC. The van der Waals surface area contributed by atoms with Gasteiger partial charge in [0.15, 0.2) is 5.78 Å². The van der Waals surface area contributed by atoms with Crippen LogP contribution in [0.3, 0.4) is 0 Å². The number of nitrogens with zero attached hydrogens (tertiary/aromatic N) is 2. The number of Topliss-reactive ketones (excluding diaryl/α,β-unsaturated/α-hetero) is 1. The van der Waals surface area contributed by atoms with Gasteiger partial charge in [-0.15, -0.1) is 0 Å². The number of hydrazone groups is 1. The molecule has 1 aliphatic rings. The van der Waals surface area contributed by atoms with Crippen molar-refractivity contribution in [1.82, 2.24) is 0 Å². The highest BCUT2D eigenvalue weighted by Gasteiger charge is 2.45. The Morgan fingerprint density at radius 2 is 1.55 bits per heavy atom. The van der Waals surface area contributed by atoms with Crippen molar-refractivity contribution in [2.75, 3.05) is 24.4 Å². The second-order valence-corrected chi connectivity index (χ2v) is 8.91. The molecule has 0 saturated heterocycles. The third-order valence-corrected chi connectivity index (χ3v) is 6.94. The molecule has 2 aromatic carbocycles. The molecule has 0 unspecified atom stereocenters. The van der Waals surface area contributed by atoms with Crippen molar-refractivity contribution in [2.24, 2.45) is 5.10 Å². The number of para-hydroxylation sites is 1. The molecule has 6 nitrogen and oxygen atoms in total. The fourth-order valence-corrected chi connectivity index (χ4v) is 5.58. The van der Waals surface area contributed by atoms with Crippen LogP contribution < -0.4 is 5.01 Å². The van der Waals surface area contributed by atoms with Gasteiger partial charge < -0.3 is 9.05 Å². The molecule has 29 heavy (non-hydrogen) atoms. The fraction of sp³-hybridized carbons (Fsp3) is 0.364. The van der Waals surface area contributed by atoms with Crippen molar-refractivity contribution < 1.29 is 18.4 Å². The van der Waals surface area contributed by atoms with Gasteiger partial charge in [-0.2, -0.15) is 5.10 Å². The molecule has 7 heteroatoms. The van der Waals surface area contributed by atoms with Gasteiger partial charge >= 0.3 is 7.60 Å². The minimum atomic E-state index is -3.37. The van der Waals surface area contributed by atoms with E-state index >= 15 is 0 Å². The highest BCUT2D eigenvalue weighted by Crippen LogP contribution is 2.52. The summed E-state index contributed by atoms with van der Waals surface area (Å²) >= 11 is 0. The van der Waals surface area contributed by atoms with Gasteiger partial charge in [-0.05, 0) is 31.5 Å². The average Bonchev–Trinajstić information content (AvgIpc) is 3.08.